The topological polar surface area (TPSA) is 92.7 Å². The van der Waals surface area contributed by atoms with Crippen molar-refractivity contribution in [3.05, 3.63) is 29.8 Å². The summed E-state index contributed by atoms with van der Waals surface area (Å²) < 4.78 is 0. The molecular weight excluding hydrogens is 424 g/mol. The summed E-state index contributed by atoms with van der Waals surface area (Å²) >= 11 is 0. The molecule has 2 saturated carbocycles. The fraction of sp³-hybridized carbons (Fsp3) is 0.714. The third kappa shape index (κ3) is 5.76. The Balaban J connectivity index is 2.05. The van der Waals surface area contributed by atoms with Crippen LogP contribution < -0.4 is 11.5 Å². The normalized spacial score (nSPS) is 18.2. The Hall–Kier alpha value is -2.08. The number of hydrogen-bond donors (Lipinski definition) is 2. The van der Waals surface area contributed by atoms with Crippen molar-refractivity contribution in [3.8, 4) is 0 Å². The minimum Gasteiger partial charge on any atom is -0.399 e. The van der Waals surface area contributed by atoms with Gasteiger partial charge in [-0.15, -0.1) is 0 Å². The lowest BCUT2D eigenvalue weighted by Gasteiger charge is -2.53. The highest BCUT2D eigenvalue weighted by molar-refractivity contribution is 5.99. The van der Waals surface area contributed by atoms with E-state index in [1.54, 1.807) is 24.3 Å². The van der Waals surface area contributed by atoms with Gasteiger partial charge in [-0.05, 0) is 87.8 Å². The zero-order valence-corrected chi connectivity index (χ0v) is 21.4. The maximum atomic E-state index is 14.2. The largest absolute Gasteiger partial charge is 0.399 e. The molecule has 0 aliphatic heterocycles. The van der Waals surface area contributed by atoms with Crippen LogP contribution in [0.3, 0.4) is 0 Å². The van der Waals surface area contributed by atoms with E-state index < -0.39 is 5.54 Å². The second-order valence-electron chi connectivity index (χ2n) is 10.3. The van der Waals surface area contributed by atoms with Crippen molar-refractivity contribution < 1.29 is 9.59 Å². The molecule has 190 valence electrons. The van der Waals surface area contributed by atoms with Crippen molar-refractivity contribution in [2.45, 2.75) is 90.0 Å². The van der Waals surface area contributed by atoms with Crippen LogP contribution >= 0.6 is 0 Å². The van der Waals surface area contributed by atoms with Crippen molar-refractivity contribution in [2.75, 3.05) is 31.9 Å². The second-order valence-corrected chi connectivity index (χ2v) is 10.3. The molecule has 6 heteroatoms. The Morgan fingerprint density at radius 2 is 1.35 bits per heavy atom. The van der Waals surface area contributed by atoms with Gasteiger partial charge in [0.2, 0.25) is 5.91 Å². The molecule has 0 atom stereocenters. The van der Waals surface area contributed by atoms with Crippen LogP contribution in [0.4, 0.5) is 5.69 Å². The molecule has 3 rings (SSSR count). The highest BCUT2D eigenvalue weighted by Gasteiger charge is 2.55. The van der Waals surface area contributed by atoms with Crippen LogP contribution in [0.1, 0.15) is 94.8 Å². The predicted octanol–water partition coefficient (Wildman–Crippen LogP) is 4.83. The molecule has 1 aromatic rings. The van der Waals surface area contributed by atoms with E-state index in [2.05, 4.69) is 18.7 Å². The summed E-state index contributed by atoms with van der Waals surface area (Å²) in [5.74, 6) is -0.103. The monoisotopic (exact) mass is 470 g/mol. The van der Waals surface area contributed by atoms with Crippen LogP contribution in [0, 0.1) is 11.8 Å². The molecule has 0 radical (unpaired) electrons. The molecule has 0 unspecified atom stereocenters. The van der Waals surface area contributed by atoms with Crippen LogP contribution in [0.15, 0.2) is 24.3 Å². The highest BCUT2D eigenvalue weighted by Crippen LogP contribution is 2.47. The van der Waals surface area contributed by atoms with Crippen LogP contribution in [-0.2, 0) is 4.79 Å². The molecule has 0 heterocycles. The lowest BCUT2D eigenvalue weighted by Crippen LogP contribution is -2.68. The number of carbonyl (C=O) groups excluding carboxylic acids is 2. The molecule has 0 saturated heterocycles. The summed E-state index contributed by atoms with van der Waals surface area (Å²) in [6, 6.07) is 7.13. The van der Waals surface area contributed by atoms with E-state index in [0.717, 1.165) is 77.4 Å². The van der Waals surface area contributed by atoms with Gasteiger partial charge in [0.15, 0.2) is 0 Å². The van der Waals surface area contributed by atoms with Gasteiger partial charge in [-0.3, -0.25) is 9.59 Å². The van der Waals surface area contributed by atoms with E-state index in [0.29, 0.717) is 17.8 Å². The average molecular weight is 471 g/mol. The Bertz CT molecular complexity index is 760. The summed E-state index contributed by atoms with van der Waals surface area (Å²) in [7, 11) is 0. The maximum Gasteiger partial charge on any atom is 0.254 e. The standard InChI is InChI=1S/C28H46N4O2/c1-3-31(4-2)20-11-21-32(26(33)22-16-18-25(29)19-17-22)28(27(30)34,23-12-7-5-8-13-23)24-14-9-6-10-15-24/h16-19,23-24H,3-15,20-21,29H2,1-2H3,(H2,30,34). The van der Waals surface area contributed by atoms with Gasteiger partial charge in [0.1, 0.15) is 5.54 Å². The number of nitrogen functional groups attached to an aromatic ring is 1. The summed E-state index contributed by atoms with van der Waals surface area (Å²) in [4.78, 5) is 32.1. The summed E-state index contributed by atoms with van der Waals surface area (Å²) in [6.07, 6.45) is 11.5. The van der Waals surface area contributed by atoms with Crippen LogP contribution in [0.25, 0.3) is 0 Å². The summed E-state index contributed by atoms with van der Waals surface area (Å²) in [6.45, 7) is 7.75. The van der Waals surface area contributed by atoms with E-state index in [1.165, 1.54) is 12.8 Å². The first-order chi connectivity index (χ1) is 16.4. The Labute approximate surface area is 206 Å². The van der Waals surface area contributed by atoms with Crippen molar-refractivity contribution in [1.82, 2.24) is 9.80 Å². The average Bonchev–Trinajstić information content (AvgIpc) is 2.87. The van der Waals surface area contributed by atoms with E-state index in [1.807, 2.05) is 4.90 Å². The number of rotatable bonds is 11. The predicted molar refractivity (Wildman–Crippen MR) is 139 cm³/mol. The number of hydrogen-bond acceptors (Lipinski definition) is 4. The molecule has 0 spiro atoms. The number of primary amides is 1. The van der Waals surface area contributed by atoms with Crippen molar-refractivity contribution in [1.29, 1.82) is 0 Å². The first-order valence-electron chi connectivity index (χ1n) is 13.6. The van der Waals surface area contributed by atoms with Gasteiger partial charge >= 0.3 is 0 Å². The number of nitrogens with zero attached hydrogens (tertiary/aromatic N) is 2. The number of benzene rings is 1. The number of anilines is 1. The zero-order valence-electron chi connectivity index (χ0n) is 21.4. The molecule has 1 aromatic carbocycles. The van der Waals surface area contributed by atoms with Gasteiger partial charge in [-0.2, -0.15) is 0 Å². The van der Waals surface area contributed by atoms with E-state index in [-0.39, 0.29) is 23.7 Å². The van der Waals surface area contributed by atoms with Crippen molar-refractivity contribution >= 4 is 17.5 Å². The lowest BCUT2D eigenvalue weighted by molar-refractivity contribution is -0.140. The molecule has 0 aromatic heterocycles. The highest BCUT2D eigenvalue weighted by atomic mass is 16.2. The minimum absolute atomic E-state index is 0.0745. The second kappa shape index (κ2) is 12.6. The molecule has 2 amide bonds. The lowest BCUT2D eigenvalue weighted by atomic mass is 9.62. The molecule has 34 heavy (non-hydrogen) atoms. The first kappa shape index (κ1) is 26.5. The van der Waals surface area contributed by atoms with E-state index >= 15 is 0 Å². The molecule has 2 aliphatic rings. The first-order valence-corrected chi connectivity index (χ1v) is 13.6. The molecule has 6 nitrogen and oxygen atoms in total. The van der Waals surface area contributed by atoms with Gasteiger partial charge in [-0.1, -0.05) is 52.4 Å². The Morgan fingerprint density at radius 3 is 1.79 bits per heavy atom. The van der Waals surface area contributed by atoms with Gasteiger partial charge in [0.25, 0.3) is 5.91 Å². The smallest absolute Gasteiger partial charge is 0.254 e. The number of amides is 2. The van der Waals surface area contributed by atoms with Crippen LogP contribution in [0.2, 0.25) is 0 Å². The van der Waals surface area contributed by atoms with Gasteiger partial charge < -0.3 is 21.3 Å². The Morgan fingerprint density at radius 1 is 0.853 bits per heavy atom. The van der Waals surface area contributed by atoms with Gasteiger partial charge in [0, 0.05) is 17.8 Å². The number of carbonyl (C=O) groups is 2. The van der Waals surface area contributed by atoms with E-state index in [4.69, 9.17) is 11.5 Å². The van der Waals surface area contributed by atoms with Gasteiger partial charge in [-0.25, -0.2) is 0 Å². The van der Waals surface area contributed by atoms with Crippen LogP contribution in [0.5, 0.6) is 0 Å². The van der Waals surface area contributed by atoms with Crippen LogP contribution in [-0.4, -0.2) is 53.3 Å². The summed E-state index contributed by atoms with van der Waals surface area (Å²) in [5.41, 5.74) is 12.6. The van der Waals surface area contributed by atoms with E-state index in [9.17, 15) is 9.59 Å². The molecule has 2 fully saturated rings. The number of nitrogens with two attached hydrogens (primary N) is 2. The summed E-state index contributed by atoms with van der Waals surface area (Å²) in [5, 5.41) is 0. The minimum atomic E-state index is -0.914. The fourth-order valence-electron chi connectivity index (χ4n) is 6.62. The fourth-order valence-corrected chi connectivity index (χ4v) is 6.62. The molecule has 4 N–H and O–H groups in total. The SMILES string of the molecule is CCN(CC)CCCN(C(=O)c1ccc(N)cc1)C(C(N)=O)(C1CCCCC1)C1CCCCC1. The van der Waals surface area contributed by atoms with Gasteiger partial charge in [0.05, 0.1) is 0 Å². The third-order valence-electron chi connectivity index (χ3n) is 8.45. The molecule has 0 bridgehead atoms. The molecular formula is C28H46N4O2. The van der Waals surface area contributed by atoms with Crippen molar-refractivity contribution in [3.63, 3.8) is 0 Å². The zero-order chi connectivity index (χ0) is 24.6. The maximum absolute atomic E-state index is 14.2. The quantitative estimate of drug-likeness (QED) is 0.453. The third-order valence-corrected chi connectivity index (χ3v) is 8.45. The van der Waals surface area contributed by atoms with Crippen molar-refractivity contribution in [2.24, 2.45) is 17.6 Å². The molecule has 2 aliphatic carbocycles. The Kier molecular flexibility index (Phi) is 9.81.